The highest BCUT2D eigenvalue weighted by Crippen LogP contribution is 2.32. The Labute approximate surface area is 102 Å². The summed E-state index contributed by atoms with van der Waals surface area (Å²) in [5, 5.41) is 0. The van der Waals surface area contributed by atoms with Gasteiger partial charge in [-0.15, -0.1) is 0 Å². The average Bonchev–Trinajstić information content (AvgIpc) is 2.25. The molecule has 2 rings (SSSR count). The second-order valence-corrected chi connectivity index (χ2v) is 4.19. The molecular weight excluding hydrogens is 270 g/mol. The molecule has 0 aliphatic heterocycles. The summed E-state index contributed by atoms with van der Waals surface area (Å²) in [6.07, 6.45) is 3.24. The summed E-state index contributed by atoms with van der Waals surface area (Å²) in [6, 6.07) is 5.73. The van der Waals surface area contributed by atoms with Gasteiger partial charge in [-0.1, -0.05) is 15.9 Å². The quantitative estimate of drug-likeness (QED) is 0.859. The minimum atomic E-state index is 0.291. The Bertz CT molecular complexity index is 479. The molecule has 1 aromatic heterocycles. The van der Waals surface area contributed by atoms with Gasteiger partial charge < -0.3 is 10.5 Å². The predicted molar refractivity (Wildman–Crippen MR) is 65.4 cm³/mol. The average molecular weight is 280 g/mol. The van der Waals surface area contributed by atoms with Gasteiger partial charge in [0, 0.05) is 16.9 Å². The number of hydrogen-bond donors (Lipinski definition) is 1. The molecule has 4 nitrogen and oxygen atoms in total. The molecule has 0 fully saturated rings. The number of ether oxygens (including phenoxy) is 1. The molecular formula is C11H10BrN3O. The molecule has 16 heavy (non-hydrogen) atoms. The first kappa shape index (κ1) is 10.9. The summed E-state index contributed by atoms with van der Waals surface area (Å²) in [7, 11) is 0. The highest BCUT2D eigenvalue weighted by atomic mass is 79.9. The molecule has 0 saturated carbocycles. The number of nitrogen functional groups attached to an aromatic ring is 1. The molecule has 0 aliphatic carbocycles. The number of nitrogens with two attached hydrogens (primary N) is 1. The molecule has 0 bridgehead atoms. The van der Waals surface area contributed by atoms with E-state index in [4.69, 9.17) is 10.5 Å². The van der Waals surface area contributed by atoms with Gasteiger partial charge in [0.05, 0.1) is 5.69 Å². The first-order chi connectivity index (χ1) is 7.66. The predicted octanol–water partition coefficient (Wildman–Crippen LogP) is 2.92. The van der Waals surface area contributed by atoms with Crippen LogP contribution >= 0.6 is 15.9 Å². The number of nitrogens with zero attached hydrogens (tertiary/aromatic N) is 2. The van der Waals surface area contributed by atoms with Crippen molar-refractivity contribution in [2.45, 2.75) is 6.92 Å². The first-order valence-corrected chi connectivity index (χ1v) is 5.46. The maximum absolute atomic E-state index is 5.86. The Kier molecular flexibility index (Phi) is 3.05. The standard InChI is InChI=1S/C11H10BrN3O/c1-7-5-8(12)6-9(13)10(7)16-11-14-3-2-4-15-11/h2-6H,13H2,1H3. The van der Waals surface area contributed by atoms with Crippen molar-refractivity contribution in [3.05, 3.63) is 40.6 Å². The summed E-state index contributed by atoms with van der Waals surface area (Å²) in [5.41, 5.74) is 7.34. The third kappa shape index (κ3) is 2.30. The molecule has 0 saturated heterocycles. The number of aryl methyl sites for hydroxylation is 1. The SMILES string of the molecule is Cc1cc(Br)cc(N)c1Oc1ncccn1. The van der Waals surface area contributed by atoms with Gasteiger partial charge in [0.15, 0.2) is 5.75 Å². The van der Waals surface area contributed by atoms with Crippen LogP contribution in [0.25, 0.3) is 0 Å². The molecule has 82 valence electrons. The van der Waals surface area contributed by atoms with Gasteiger partial charge in [-0.05, 0) is 30.7 Å². The summed E-state index contributed by atoms with van der Waals surface area (Å²) < 4.78 is 6.45. The van der Waals surface area contributed by atoms with Crippen molar-refractivity contribution in [3.63, 3.8) is 0 Å². The van der Waals surface area contributed by atoms with E-state index >= 15 is 0 Å². The fourth-order valence-electron chi connectivity index (χ4n) is 1.32. The van der Waals surface area contributed by atoms with Gasteiger partial charge >= 0.3 is 6.01 Å². The molecule has 5 heteroatoms. The number of hydrogen-bond acceptors (Lipinski definition) is 4. The minimum absolute atomic E-state index is 0.291. The van der Waals surface area contributed by atoms with E-state index in [0.29, 0.717) is 17.4 Å². The second-order valence-electron chi connectivity index (χ2n) is 3.27. The number of aromatic nitrogens is 2. The van der Waals surface area contributed by atoms with Crippen molar-refractivity contribution in [1.29, 1.82) is 0 Å². The van der Waals surface area contributed by atoms with Crippen LogP contribution in [0.15, 0.2) is 35.1 Å². The van der Waals surface area contributed by atoms with Gasteiger partial charge in [-0.2, -0.15) is 0 Å². The van der Waals surface area contributed by atoms with Crippen LogP contribution in [-0.4, -0.2) is 9.97 Å². The van der Waals surface area contributed by atoms with Crippen LogP contribution in [-0.2, 0) is 0 Å². The van der Waals surface area contributed by atoms with E-state index in [1.807, 2.05) is 13.0 Å². The Morgan fingerprint density at radius 2 is 1.94 bits per heavy atom. The lowest BCUT2D eigenvalue weighted by atomic mass is 10.2. The van der Waals surface area contributed by atoms with Crippen LogP contribution in [0.4, 0.5) is 5.69 Å². The van der Waals surface area contributed by atoms with E-state index in [1.54, 1.807) is 24.5 Å². The van der Waals surface area contributed by atoms with E-state index in [2.05, 4.69) is 25.9 Å². The monoisotopic (exact) mass is 279 g/mol. The van der Waals surface area contributed by atoms with Gasteiger partial charge in [0.2, 0.25) is 0 Å². The maximum Gasteiger partial charge on any atom is 0.321 e. The molecule has 1 aromatic carbocycles. The zero-order valence-corrected chi connectivity index (χ0v) is 10.2. The summed E-state index contributed by atoms with van der Waals surface area (Å²) in [6.45, 7) is 1.92. The molecule has 0 atom stereocenters. The fraction of sp³-hybridized carbons (Fsp3) is 0.0909. The zero-order chi connectivity index (χ0) is 11.5. The van der Waals surface area contributed by atoms with Crippen LogP contribution in [0.3, 0.4) is 0 Å². The number of rotatable bonds is 2. The molecule has 1 heterocycles. The summed E-state index contributed by atoms with van der Waals surface area (Å²) >= 11 is 3.37. The highest BCUT2D eigenvalue weighted by molar-refractivity contribution is 9.10. The van der Waals surface area contributed by atoms with Crippen molar-refractivity contribution in [2.75, 3.05) is 5.73 Å². The maximum atomic E-state index is 5.86. The molecule has 0 unspecified atom stereocenters. The van der Waals surface area contributed by atoms with Crippen molar-refractivity contribution in [1.82, 2.24) is 9.97 Å². The fourth-order valence-corrected chi connectivity index (χ4v) is 1.91. The lowest BCUT2D eigenvalue weighted by molar-refractivity contribution is 0.440. The minimum Gasteiger partial charge on any atom is -0.422 e. The smallest absolute Gasteiger partial charge is 0.321 e. The van der Waals surface area contributed by atoms with E-state index in [9.17, 15) is 0 Å². The van der Waals surface area contributed by atoms with Crippen LogP contribution in [0.2, 0.25) is 0 Å². The van der Waals surface area contributed by atoms with Crippen LogP contribution in [0.5, 0.6) is 11.8 Å². The number of benzene rings is 1. The number of halogens is 1. The van der Waals surface area contributed by atoms with Crippen molar-refractivity contribution >= 4 is 21.6 Å². The van der Waals surface area contributed by atoms with E-state index in [-0.39, 0.29) is 0 Å². The first-order valence-electron chi connectivity index (χ1n) is 4.67. The van der Waals surface area contributed by atoms with E-state index in [0.717, 1.165) is 10.0 Å². The largest absolute Gasteiger partial charge is 0.422 e. The third-order valence-electron chi connectivity index (χ3n) is 2.00. The van der Waals surface area contributed by atoms with Crippen LogP contribution < -0.4 is 10.5 Å². The Balaban J connectivity index is 2.35. The number of anilines is 1. The lowest BCUT2D eigenvalue weighted by Crippen LogP contribution is -1.97. The second kappa shape index (κ2) is 4.49. The van der Waals surface area contributed by atoms with Crippen LogP contribution in [0.1, 0.15) is 5.56 Å². The Morgan fingerprint density at radius 1 is 1.25 bits per heavy atom. The van der Waals surface area contributed by atoms with Crippen molar-refractivity contribution in [3.8, 4) is 11.8 Å². The Morgan fingerprint density at radius 3 is 2.56 bits per heavy atom. The highest BCUT2D eigenvalue weighted by Gasteiger charge is 2.08. The molecule has 2 aromatic rings. The molecule has 0 spiro atoms. The molecule has 0 amide bonds. The third-order valence-corrected chi connectivity index (χ3v) is 2.46. The molecule has 0 radical (unpaired) electrons. The topological polar surface area (TPSA) is 61.0 Å². The van der Waals surface area contributed by atoms with Gasteiger partial charge in [-0.25, -0.2) is 9.97 Å². The van der Waals surface area contributed by atoms with Gasteiger partial charge in [0.1, 0.15) is 0 Å². The zero-order valence-electron chi connectivity index (χ0n) is 8.64. The molecule has 2 N–H and O–H groups in total. The molecule has 0 aliphatic rings. The lowest BCUT2D eigenvalue weighted by Gasteiger charge is -2.09. The van der Waals surface area contributed by atoms with Gasteiger partial charge in [-0.3, -0.25) is 0 Å². The normalized spacial score (nSPS) is 10.1. The van der Waals surface area contributed by atoms with Crippen molar-refractivity contribution < 1.29 is 4.74 Å². The van der Waals surface area contributed by atoms with Crippen molar-refractivity contribution in [2.24, 2.45) is 0 Å². The summed E-state index contributed by atoms with van der Waals surface area (Å²) in [5.74, 6) is 0.592. The van der Waals surface area contributed by atoms with E-state index in [1.165, 1.54) is 0 Å². The van der Waals surface area contributed by atoms with Crippen LogP contribution in [0, 0.1) is 6.92 Å². The van der Waals surface area contributed by atoms with Gasteiger partial charge in [0.25, 0.3) is 0 Å². The summed E-state index contributed by atoms with van der Waals surface area (Å²) in [4.78, 5) is 7.96. The van der Waals surface area contributed by atoms with E-state index < -0.39 is 0 Å². The Hall–Kier alpha value is -1.62.